The highest BCUT2D eigenvalue weighted by atomic mass is 19.1. The van der Waals surface area contributed by atoms with Gasteiger partial charge in [-0.1, -0.05) is 0 Å². The van der Waals surface area contributed by atoms with Gasteiger partial charge in [-0.3, -0.25) is 0 Å². The second-order valence-electron chi connectivity index (χ2n) is 3.06. The molecule has 0 aliphatic rings. The van der Waals surface area contributed by atoms with Crippen LogP contribution in [0.3, 0.4) is 0 Å². The van der Waals surface area contributed by atoms with Crippen LogP contribution in [0.5, 0.6) is 0 Å². The van der Waals surface area contributed by atoms with Crippen molar-refractivity contribution in [2.24, 2.45) is 0 Å². The zero-order valence-corrected chi connectivity index (χ0v) is 7.78. The van der Waals surface area contributed by atoms with E-state index in [1.165, 1.54) is 18.3 Å². The topological polar surface area (TPSA) is 88.5 Å². The molecule has 7 heteroatoms. The van der Waals surface area contributed by atoms with Crippen LogP contribution in [-0.2, 0) is 6.54 Å². The predicted molar refractivity (Wildman–Crippen MR) is 49.1 cm³/mol. The van der Waals surface area contributed by atoms with Gasteiger partial charge in [0.2, 0.25) is 0 Å². The van der Waals surface area contributed by atoms with Crippen LogP contribution in [-0.4, -0.2) is 38.6 Å². The van der Waals surface area contributed by atoms with Crippen LogP contribution >= 0.6 is 0 Å². The summed E-state index contributed by atoms with van der Waals surface area (Å²) < 4.78 is 13.1. The second-order valence-corrected chi connectivity index (χ2v) is 3.06. The maximum atomic E-state index is 12.0. The summed E-state index contributed by atoms with van der Waals surface area (Å²) in [6, 6.07) is 2.70. The normalized spacial score (nSPS) is 14.9. The van der Waals surface area contributed by atoms with Crippen molar-refractivity contribution in [3.63, 3.8) is 0 Å². The number of aliphatic hydroxyl groups is 2. The lowest BCUT2D eigenvalue weighted by atomic mass is 10.2. The highest BCUT2D eigenvalue weighted by Gasteiger charge is 2.21. The van der Waals surface area contributed by atoms with Crippen molar-refractivity contribution in [2.75, 3.05) is 6.67 Å². The molecule has 2 atom stereocenters. The molecule has 0 saturated carbocycles. The Morgan fingerprint density at radius 3 is 2.73 bits per heavy atom. The number of hydrogen-bond acceptors (Lipinski definition) is 4. The van der Waals surface area contributed by atoms with Crippen LogP contribution in [0.15, 0.2) is 18.3 Å². The minimum Gasteiger partial charge on any atom is -0.388 e. The van der Waals surface area contributed by atoms with E-state index in [9.17, 15) is 19.6 Å². The van der Waals surface area contributed by atoms with Crippen LogP contribution in [0, 0.1) is 10.1 Å². The summed E-state index contributed by atoms with van der Waals surface area (Å²) in [4.78, 5) is 9.85. The van der Waals surface area contributed by atoms with Gasteiger partial charge in [0.05, 0.1) is 6.20 Å². The van der Waals surface area contributed by atoms with E-state index in [0.717, 1.165) is 4.57 Å². The minimum atomic E-state index is -1.52. The van der Waals surface area contributed by atoms with Crippen molar-refractivity contribution >= 4 is 5.82 Å². The van der Waals surface area contributed by atoms with Gasteiger partial charge in [-0.15, -0.1) is 0 Å². The van der Waals surface area contributed by atoms with E-state index in [0.29, 0.717) is 0 Å². The third-order valence-electron chi connectivity index (χ3n) is 1.98. The molecule has 1 aromatic heterocycles. The Morgan fingerprint density at radius 1 is 1.53 bits per heavy atom. The fourth-order valence-corrected chi connectivity index (χ4v) is 1.15. The maximum Gasteiger partial charge on any atom is 0.323 e. The number of aliphatic hydroxyl groups excluding tert-OH is 2. The minimum absolute atomic E-state index is 0.208. The molecule has 0 radical (unpaired) electrons. The largest absolute Gasteiger partial charge is 0.388 e. The van der Waals surface area contributed by atoms with Gasteiger partial charge in [0.25, 0.3) is 0 Å². The Labute approximate surface area is 84.7 Å². The number of hydrogen-bond donors (Lipinski definition) is 2. The van der Waals surface area contributed by atoms with Crippen molar-refractivity contribution in [3.05, 3.63) is 28.4 Å². The van der Waals surface area contributed by atoms with Crippen LogP contribution in [0.2, 0.25) is 0 Å². The predicted octanol–water partition coefficient (Wildman–Crippen LogP) is 0.0876. The average Bonchev–Trinajstić information content (AvgIpc) is 2.64. The Bertz CT molecular complexity index is 341. The lowest BCUT2D eigenvalue weighted by Gasteiger charge is -2.13. The van der Waals surface area contributed by atoms with Gasteiger partial charge in [0, 0.05) is 6.07 Å². The molecule has 2 N–H and O–H groups in total. The zero-order chi connectivity index (χ0) is 11.4. The highest BCUT2D eigenvalue weighted by Crippen LogP contribution is 2.13. The summed E-state index contributed by atoms with van der Waals surface area (Å²) in [5.74, 6) is -0.208. The zero-order valence-electron chi connectivity index (χ0n) is 7.78. The molecule has 1 rings (SSSR count). The lowest BCUT2D eigenvalue weighted by molar-refractivity contribution is -0.392. The third-order valence-corrected chi connectivity index (χ3v) is 1.98. The molecule has 1 heterocycles. The van der Waals surface area contributed by atoms with E-state index >= 15 is 0 Å². The molecule has 6 nitrogen and oxygen atoms in total. The molecule has 1 aromatic rings. The van der Waals surface area contributed by atoms with Gasteiger partial charge in [-0.25, -0.2) is 8.96 Å². The summed E-state index contributed by atoms with van der Waals surface area (Å²) in [5.41, 5.74) is 0. The van der Waals surface area contributed by atoms with Crippen LogP contribution in [0.1, 0.15) is 0 Å². The quantitative estimate of drug-likeness (QED) is 0.541. The Kier molecular flexibility index (Phi) is 3.75. The molecular formula is C8H11FN2O4. The Morgan fingerprint density at radius 2 is 2.20 bits per heavy atom. The first-order chi connectivity index (χ1) is 7.06. The molecule has 84 valence electrons. The monoisotopic (exact) mass is 218 g/mol. The van der Waals surface area contributed by atoms with Crippen molar-refractivity contribution < 1.29 is 19.5 Å². The number of alkyl halides is 1. The summed E-state index contributed by atoms with van der Waals surface area (Å²) in [7, 11) is 0. The molecule has 0 bridgehead atoms. The maximum absolute atomic E-state index is 12.0. The van der Waals surface area contributed by atoms with E-state index in [2.05, 4.69) is 0 Å². The summed E-state index contributed by atoms with van der Waals surface area (Å²) in [5, 5.41) is 28.7. The number of aromatic nitrogens is 1. The molecule has 15 heavy (non-hydrogen) atoms. The standard InChI is InChI=1S/C8H11FN2O4/c9-4-6(12)7(13)5-10-3-1-2-8(10)11(14)15/h1-3,6-7,12-13H,4-5H2. The number of nitro groups is 1. The van der Waals surface area contributed by atoms with Crippen LogP contribution in [0.4, 0.5) is 10.2 Å². The molecule has 0 amide bonds. The Hall–Kier alpha value is -1.47. The molecule has 2 unspecified atom stereocenters. The summed E-state index contributed by atoms with van der Waals surface area (Å²) >= 11 is 0. The van der Waals surface area contributed by atoms with E-state index in [1.807, 2.05) is 0 Å². The SMILES string of the molecule is O=[N+]([O-])c1cccn1CC(O)C(O)CF. The number of rotatable bonds is 5. The van der Waals surface area contributed by atoms with E-state index in [1.54, 1.807) is 0 Å². The molecule has 0 aromatic carbocycles. The average molecular weight is 218 g/mol. The third kappa shape index (κ3) is 2.74. The molecule has 0 aliphatic carbocycles. The molecule has 0 aliphatic heterocycles. The fraction of sp³-hybridized carbons (Fsp3) is 0.500. The van der Waals surface area contributed by atoms with E-state index in [4.69, 9.17) is 5.11 Å². The van der Waals surface area contributed by atoms with Gasteiger partial charge < -0.3 is 20.3 Å². The van der Waals surface area contributed by atoms with Crippen molar-refractivity contribution in [1.29, 1.82) is 0 Å². The number of nitrogens with zero attached hydrogens (tertiary/aromatic N) is 2. The van der Waals surface area contributed by atoms with Gasteiger partial charge in [-0.2, -0.15) is 0 Å². The molecular weight excluding hydrogens is 207 g/mol. The first-order valence-electron chi connectivity index (χ1n) is 4.28. The van der Waals surface area contributed by atoms with Crippen LogP contribution in [0.25, 0.3) is 0 Å². The first kappa shape index (κ1) is 11.6. The summed E-state index contributed by atoms with van der Waals surface area (Å²) in [6.45, 7) is -1.30. The van der Waals surface area contributed by atoms with E-state index in [-0.39, 0.29) is 12.4 Å². The van der Waals surface area contributed by atoms with Gasteiger partial charge >= 0.3 is 5.82 Å². The Balaban J connectivity index is 2.72. The first-order valence-corrected chi connectivity index (χ1v) is 4.28. The number of halogens is 1. The molecule has 0 fully saturated rings. The van der Waals surface area contributed by atoms with E-state index < -0.39 is 23.8 Å². The van der Waals surface area contributed by atoms with Crippen LogP contribution < -0.4 is 0 Å². The van der Waals surface area contributed by atoms with Gasteiger partial charge in [0.15, 0.2) is 0 Å². The van der Waals surface area contributed by atoms with Crippen molar-refractivity contribution in [3.8, 4) is 0 Å². The molecule has 0 spiro atoms. The molecule has 0 saturated heterocycles. The van der Waals surface area contributed by atoms with Crippen molar-refractivity contribution in [2.45, 2.75) is 18.8 Å². The van der Waals surface area contributed by atoms with Gasteiger partial charge in [-0.05, 0) is 11.0 Å². The van der Waals surface area contributed by atoms with Gasteiger partial charge in [0.1, 0.15) is 25.4 Å². The smallest absolute Gasteiger partial charge is 0.323 e. The highest BCUT2D eigenvalue weighted by molar-refractivity contribution is 5.21. The second kappa shape index (κ2) is 4.85. The van der Waals surface area contributed by atoms with Crippen molar-refractivity contribution in [1.82, 2.24) is 4.57 Å². The fourth-order valence-electron chi connectivity index (χ4n) is 1.15. The lowest BCUT2D eigenvalue weighted by Crippen LogP contribution is -2.31. The summed E-state index contributed by atoms with van der Waals surface area (Å²) in [6.07, 6.45) is -1.50.